The van der Waals surface area contributed by atoms with E-state index >= 15 is 0 Å². The number of ether oxygens (including phenoxy) is 1. The predicted octanol–water partition coefficient (Wildman–Crippen LogP) is 4.30. The Labute approximate surface area is 179 Å². The highest BCUT2D eigenvalue weighted by Crippen LogP contribution is 2.28. The number of rotatable bonds is 5. The minimum absolute atomic E-state index is 0. The number of anilines is 3. The number of nitrogens with one attached hydrogen (secondary N) is 1. The Bertz CT molecular complexity index is 763. The van der Waals surface area contributed by atoms with Gasteiger partial charge in [-0.2, -0.15) is 0 Å². The zero-order chi connectivity index (χ0) is 18.5. The molecule has 0 spiro atoms. The van der Waals surface area contributed by atoms with E-state index in [2.05, 4.69) is 30.1 Å². The second-order valence-electron chi connectivity index (χ2n) is 6.93. The smallest absolute Gasteiger partial charge is 0.224 e. The van der Waals surface area contributed by atoms with E-state index in [1.54, 1.807) is 0 Å². The van der Waals surface area contributed by atoms with Crippen molar-refractivity contribution in [3.05, 3.63) is 54.1 Å². The molecule has 2 atom stereocenters. The van der Waals surface area contributed by atoms with Gasteiger partial charge in [-0.05, 0) is 44.0 Å². The van der Waals surface area contributed by atoms with Gasteiger partial charge in [-0.3, -0.25) is 4.79 Å². The molecule has 1 fully saturated rings. The Balaban J connectivity index is 0.00000196. The van der Waals surface area contributed by atoms with Crippen LogP contribution in [0.4, 0.5) is 17.1 Å². The molecule has 1 aliphatic rings. The molecular weight excluding hydrogens is 397 g/mol. The molecule has 7 heteroatoms. The van der Waals surface area contributed by atoms with Crippen molar-refractivity contribution in [2.75, 3.05) is 29.0 Å². The third kappa shape index (κ3) is 6.30. The fourth-order valence-electron chi connectivity index (χ4n) is 3.45. The molecule has 0 aliphatic carbocycles. The molecule has 1 heterocycles. The molecule has 2 aromatic rings. The number of hydrogen-bond acceptors (Lipinski definition) is 4. The first-order valence-corrected chi connectivity index (χ1v) is 9.15. The van der Waals surface area contributed by atoms with Crippen molar-refractivity contribution in [2.24, 2.45) is 0 Å². The number of nitrogens with two attached hydrogens (primary N) is 1. The van der Waals surface area contributed by atoms with E-state index in [1.165, 1.54) is 0 Å². The number of para-hydroxylation sites is 3. The minimum Gasteiger partial charge on any atom is -0.399 e. The second kappa shape index (κ2) is 11.1. The lowest BCUT2D eigenvalue weighted by molar-refractivity contribution is -0.116. The summed E-state index contributed by atoms with van der Waals surface area (Å²) in [5.41, 5.74) is 9.59. The zero-order valence-electron chi connectivity index (χ0n) is 16.3. The largest absolute Gasteiger partial charge is 0.399 e. The van der Waals surface area contributed by atoms with E-state index in [9.17, 15) is 4.79 Å². The molecule has 0 aromatic heterocycles. The van der Waals surface area contributed by atoms with Gasteiger partial charge in [0.1, 0.15) is 0 Å². The summed E-state index contributed by atoms with van der Waals surface area (Å²) in [5, 5.41) is 3.06. The number of benzene rings is 2. The number of halogens is 2. The summed E-state index contributed by atoms with van der Waals surface area (Å²) in [6, 6.07) is 15.6. The van der Waals surface area contributed by atoms with Crippen LogP contribution in [-0.4, -0.2) is 31.2 Å². The van der Waals surface area contributed by atoms with Crippen LogP contribution in [0.3, 0.4) is 0 Å². The van der Waals surface area contributed by atoms with Gasteiger partial charge >= 0.3 is 0 Å². The summed E-state index contributed by atoms with van der Waals surface area (Å²) in [7, 11) is 0. The summed E-state index contributed by atoms with van der Waals surface area (Å²) < 4.78 is 5.82. The fraction of sp³-hybridized carbons (Fsp3) is 0.381. The molecule has 3 N–H and O–H groups in total. The maximum Gasteiger partial charge on any atom is 0.224 e. The Morgan fingerprint density at radius 1 is 1.07 bits per heavy atom. The first-order valence-electron chi connectivity index (χ1n) is 9.15. The molecule has 1 aliphatic heterocycles. The van der Waals surface area contributed by atoms with Crippen LogP contribution in [0, 0.1) is 0 Å². The van der Waals surface area contributed by atoms with Gasteiger partial charge in [-0.25, -0.2) is 0 Å². The molecule has 0 radical (unpaired) electrons. The van der Waals surface area contributed by atoms with E-state index in [4.69, 9.17) is 10.5 Å². The normalized spacial score (nSPS) is 18.6. The van der Waals surface area contributed by atoms with Crippen molar-refractivity contribution in [3.8, 4) is 0 Å². The van der Waals surface area contributed by atoms with Gasteiger partial charge in [0.05, 0.1) is 23.6 Å². The van der Waals surface area contributed by atoms with E-state index in [-0.39, 0.29) is 42.9 Å². The molecular formula is C21H29Cl2N3O2. The van der Waals surface area contributed by atoms with Crippen LogP contribution < -0.4 is 16.0 Å². The molecule has 2 unspecified atom stereocenters. The molecule has 2 aromatic carbocycles. The van der Waals surface area contributed by atoms with Crippen LogP contribution in [0.5, 0.6) is 0 Å². The third-order valence-corrected chi connectivity index (χ3v) is 4.61. The lowest BCUT2D eigenvalue weighted by atomic mass is 10.1. The molecule has 1 saturated heterocycles. The number of carbonyl (C=O) groups is 1. The minimum atomic E-state index is -0.00457. The highest BCUT2D eigenvalue weighted by atomic mass is 35.5. The highest BCUT2D eigenvalue weighted by molar-refractivity contribution is 5.94. The number of hydrogen-bond donors (Lipinski definition) is 2. The van der Waals surface area contributed by atoms with Crippen LogP contribution >= 0.6 is 24.8 Å². The quantitative estimate of drug-likeness (QED) is 0.700. The number of carbonyl (C=O) groups excluding carboxylic acids is 1. The number of amides is 1. The standard InChI is InChI=1S/C21H27N3O2.2ClH/c1-15-13-24(14-16(2)26-15)20-10-6-5-9-19(20)23-21(25)12-11-17-7-3-4-8-18(17)22;;/h3-10,15-16H,11-14,22H2,1-2H3,(H,23,25);2*1H. The molecule has 154 valence electrons. The van der Waals surface area contributed by atoms with Crippen LogP contribution in [0.25, 0.3) is 0 Å². The summed E-state index contributed by atoms with van der Waals surface area (Å²) >= 11 is 0. The van der Waals surface area contributed by atoms with Crippen molar-refractivity contribution in [3.63, 3.8) is 0 Å². The SMILES string of the molecule is CC1CN(c2ccccc2NC(=O)CCc2ccccc2N)CC(C)O1.Cl.Cl. The van der Waals surface area contributed by atoms with E-state index in [0.717, 1.165) is 35.7 Å². The Kier molecular flexibility index (Phi) is 9.59. The maximum atomic E-state index is 12.5. The van der Waals surface area contributed by atoms with Crippen molar-refractivity contribution in [1.82, 2.24) is 0 Å². The van der Waals surface area contributed by atoms with Gasteiger partial charge < -0.3 is 20.7 Å². The fourth-order valence-corrected chi connectivity index (χ4v) is 3.45. The number of nitrogens with zero attached hydrogens (tertiary/aromatic N) is 1. The van der Waals surface area contributed by atoms with Crippen LogP contribution in [0.1, 0.15) is 25.8 Å². The summed E-state index contributed by atoms with van der Waals surface area (Å²) in [6.07, 6.45) is 1.37. The van der Waals surface area contributed by atoms with Crippen LogP contribution in [-0.2, 0) is 16.0 Å². The lowest BCUT2D eigenvalue weighted by Crippen LogP contribution is -2.45. The number of morpholine rings is 1. The van der Waals surface area contributed by atoms with Crippen LogP contribution in [0.15, 0.2) is 48.5 Å². The summed E-state index contributed by atoms with van der Waals surface area (Å²) in [6.45, 7) is 5.79. The molecule has 3 rings (SSSR count). The summed E-state index contributed by atoms with van der Waals surface area (Å²) in [5.74, 6) is -0.00457. The molecule has 0 saturated carbocycles. The molecule has 0 bridgehead atoms. The second-order valence-corrected chi connectivity index (χ2v) is 6.93. The Hall–Kier alpha value is -1.95. The third-order valence-electron chi connectivity index (χ3n) is 4.61. The van der Waals surface area contributed by atoms with Gasteiger partial charge in [0, 0.05) is 25.2 Å². The maximum absolute atomic E-state index is 12.5. The van der Waals surface area contributed by atoms with E-state index in [0.29, 0.717) is 12.8 Å². The Morgan fingerprint density at radius 3 is 2.36 bits per heavy atom. The average molecular weight is 426 g/mol. The molecule has 5 nitrogen and oxygen atoms in total. The highest BCUT2D eigenvalue weighted by Gasteiger charge is 2.24. The Morgan fingerprint density at radius 2 is 1.68 bits per heavy atom. The van der Waals surface area contributed by atoms with E-state index < -0.39 is 0 Å². The van der Waals surface area contributed by atoms with Gasteiger partial charge in [0.25, 0.3) is 0 Å². The summed E-state index contributed by atoms with van der Waals surface area (Å²) in [4.78, 5) is 14.7. The molecule has 28 heavy (non-hydrogen) atoms. The van der Waals surface area contributed by atoms with Gasteiger partial charge in [0.2, 0.25) is 5.91 Å². The van der Waals surface area contributed by atoms with Gasteiger partial charge in [-0.1, -0.05) is 30.3 Å². The number of nitrogen functional groups attached to an aromatic ring is 1. The van der Waals surface area contributed by atoms with Gasteiger partial charge in [-0.15, -0.1) is 24.8 Å². The predicted molar refractivity (Wildman–Crippen MR) is 121 cm³/mol. The van der Waals surface area contributed by atoms with Gasteiger partial charge in [0.15, 0.2) is 0 Å². The zero-order valence-corrected chi connectivity index (χ0v) is 17.9. The first-order chi connectivity index (χ1) is 12.5. The van der Waals surface area contributed by atoms with E-state index in [1.807, 2.05) is 42.5 Å². The van der Waals surface area contributed by atoms with Crippen molar-refractivity contribution in [1.29, 1.82) is 0 Å². The van der Waals surface area contributed by atoms with Crippen LogP contribution in [0.2, 0.25) is 0 Å². The molecule has 1 amide bonds. The average Bonchev–Trinajstić information content (AvgIpc) is 2.60. The topological polar surface area (TPSA) is 67.6 Å². The number of aryl methyl sites for hydroxylation is 1. The van der Waals surface area contributed by atoms with Crippen molar-refractivity contribution in [2.45, 2.75) is 38.9 Å². The first kappa shape index (κ1) is 24.1. The van der Waals surface area contributed by atoms with Crippen molar-refractivity contribution >= 4 is 47.8 Å². The lowest BCUT2D eigenvalue weighted by Gasteiger charge is -2.37. The monoisotopic (exact) mass is 425 g/mol. The van der Waals surface area contributed by atoms with Crippen molar-refractivity contribution < 1.29 is 9.53 Å².